The van der Waals surface area contributed by atoms with E-state index in [1.807, 2.05) is 24.3 Å². The zero-order chi connectivity index (χ0) is 27.0. The molecule has 1 aliphatic rings. The molecule has 206 valence electrons. The first-order valence-corrected chi connectivity index (χ1v) is 11.8. The van der Waals surface area contributed by atoms with Crippen LogP contribution in [0.15, 0.2) is 59.5 Å². The van der Waals surface area contributed by atoms with Crippen molar-refractivity contribution in [2.24, 2.45) is 0 Å². The maximum absolute atomic E-state index is 14.6. The summed E-state index contributed by atoms with van der Waals surface area (Å²) in [6.45, 7) is 3.85. The van der Waals surface area contributed by atoms with Gasteiger partial charge in [-0.15, -0.1) is 4.73 Å². The summed E-state index contributed by atoms with van der Waals surface area (Å²) >= 11 is 0. The molecule has 3 heterocycles. The molecule has 0 atom stereocenters. The van der Waals surface area contributed by atoms with Gasteiger partial charge in [0.15, 0.2) is 5.65 Å². The Morgan fingerprint density at radius 1 is 1.03 bits per heavy atom. The highest BCUT2D eigenvalue weighted by molar-refractivity contribution is 5.82. The quantitative estimate of drug-likeness (QED) is 0.362. The number of piperazine rings is 1. The summed E-state index contributed by atoms with van der Waals surface area (Å²) in [6, 6.07) is 11.4. The Balaban J connectivity index is 0.00000353. The molecule has 5 rings (SSSR count). The first kappa shape index (κ1) is 27.8. The molecule has 0 radical (unpaired) electrons. The van der Waals surface area contributed by atoms with Crippen molar-refractivity contribution < 1.29 is 22.4 Å². The lowest BCUT2D eigenvalue weighted by Crippen LogP contribution is -2.44. The molecule has 0 saturated carbocycles. The van der Waals surface area contributed by atoms with Crippen molar-refractivity contribution in [2.45, 2.75) is 13.6 Å². The zero-order valence-electron chi connectivity index (χ0n) is 20.6. The van der Waals surface area contributed by atoms with Crippen molar-refractivity contribution in [3.05, 3.63) is 76.5 Å². The number of benzene rings is 2. The zero-order valence-corrected chi connectivity index (χ0v) is 20.6. The molecule has 2 aromatic heterocycles. The average Bonchev–Trinajstić information content (AvgIpc) is 2.89. The predicted molar refractivity (Wildman–Crippen MR) is 143 cm³/mol. The largest absolute Gasteiger partial charge is 0.417 e. The number of fused-ring (bicyclic) bond motifs is 1. The third-order valence-corrected chi connectivity index (χ3v) is 6.47. The van der Waals surface area contributed by atoms with Crippen molar-refractivity contribution in [3.8, 4) is 11.1 Å². The van der Waals surface area contributed by atoms with Crippen LogP contribution in [0.25, 0.3) is 22.2 Å². The summed E-state index contributed by atoms with van der Waals surface area (Å²) in [5.74, 6) is -1.04. The number of aromatic nitrogens is 3. The normalized spacial score (nSPS) is 14.3. The summed E-state index contributed by atoms with van der Waals surface area (Å²) in [5, 5.41) is 3.25. The number of pyridine rings is 1. The Morgan fingerprint density at radius 2 is 1.72 bits per heavy atom. The van der Waals surface area contributed by atoms with Crippen LogP contribution in [0.4, 0.5) is 34.9 Å². The summed E-state index contributed by atoms with van der Waals surface area (Å²) in [5.41, 5.74) is -1.83. The number of nitrogens with one attached hydrogen (secondary N) is 1. The van der Waals surface area contributed by atoms with E-state index >= 15 is 0 Å². The number of rotatable bonds is 5. The van der Waals surface area contributed by atoms with Gasteiger partial charge in [-0.05, 0) is 49.5 Å². The molecule has 0 amide bonds. The molecule has 39 heavy (non-hydrogen) atoms. The second-order valence-electron chi connectivity index (χ2n) is 8.94. The van der Waals surface area contributed by atoms with Crippen molar-refractivity contribution in [1.29, 1.82) is 0 Å². The lowest BCUT2D eigenvalue weighted by Gasteiger charge is -2.34. The molecular weight excluding hydrogens is 516 g/mol. The summed E-state index contributed by atoms with van der Waals surface area (Å²) in [6.07, 6.45) is -3.54. The van der Waals surface area contributed by atoms with E-state index in [9.17, 15) is 22.4 Å². The first-order valence-electron chi connectivity index (χ1n) is 11.8. The van der Waals surface area contributed by atoms with E-state index in [1.54, 1.807) is 0 Å². The molecule has 2 aromatic carbocycles. The van der Waals surface area contributed by atoms with Gasteiger partial charge in [0.25, 0.3) is 5.56 Å². The van der Waals surface area contributed by atoms with Crippen LogP contribution in [0.5, 0.6) is 0 Å². The van der Waals surface area contributed by atoms with Crippen LogP contribution in [0.1, 0.15) is 13.0 Å². The fraction of sp³-hybridized carbons (Fsp3) is 0.296. The predicted octanol–water partition coefficient (Wildman–Crippen LogP) is 4.81. The lowest BCUT2D eigenvalue weighted by molar-refractivity contribution is -0.137. The van der Waals surface area contributed by atoms with Crippen LogP contribution in [0, 0.1) is 5.82 Å². The van der Waals surface area contributed by atoms with E-state index in [0.29, 0.717) is 5.69 Å². The van der Waals surface area contributed by atoms with E-state index < -0.39 is 34.2 Å². The molecule has 1 aliphatic heterocycles. The topological polar surface area (TPSA) is 75.5 Å². The number of hydrogen-bond acceptors (Lipinski definition) is 7. The van der Waals surface area contributed by atoms with Gasteiger partial charge < -0.3 is 20.0 Å². The summed E-state index contributed by atoms with van der Waals surface area (Å²) < 4.78 is 56.2. The third-order valence-electron chi connectivity index (χ3n) is 6.47. The molecule has 0 unspecified atom stereocenters. The number of halogens is 4. The lowest BCUT2D eigenvalue weighted by atomic mass is 9.99. The molecule has 12 heteroatoms. The van der Waals surface area contributed by atoms with Gasteiger partial charge in [0.2, 0.25) is 5.95 Å². The van der Waals surface area contributed by atoms with Crippen LogP contribution in [-0.4, -0.2) is 59.9 Å². The third kappa shape index (κ3) is 5.51. The smallest absolute Gasteiger partial charge is 0.412 e. The monoisotopic (exact) mass is 544 g/mol. The molecule has 1 N–H and O–H groups in total. The molecular formula is C27H28F4N6O2. The van der Waals surface area contributed by atoms with Crippen LogP contribution in [-0.2, 0) is 6.18 Å². The van der Waals surface area contributed by atoms with Gasteiger partial charge in [0.1, 0.15) is 12.9 Å². The second-order valence-corrected chi connectivity index (χ2v) is 8.94. The fourth-order valence-corrected chi connectivity index (χ4v) is 4.46. The maximum atomic E-state index is 14.6. The SMILES string of the molecule is C.COn1c(=O)c(-c2c(F)cccc2C(F)(F)F)cc2cnc(Nc3ccc(N4CCN(C)CC4)cc3)nc21. The summed E-state index contributed by atoms with van der Waals surface area (Å²) in [7, 11) is 3.26. The highest BCUT2D eigenvalue weighted by Crippen LogP contribution is 2.38. The number of alkyl halides is 3. The first-order chi connectivity index (χ1) is 18.2. The number of likely N-dealkylation sites (N-methyl/N-ethyl adjacent to an activating group) is 1. The van der Waals surface area contributed by atoms with Gasteiger partial charge in [0, 0.05) is 54.7 Å². The van der Waals surface area contributed by atoms with E-state index in [-0.39, 0.29) is 24.4 Å². The average molecular weight is 545 g/mol. The summed E-state index contributed by atoms with van der Waals surface area (Å²) in [4.78, 5) is 31.4. The molecule has 0 aliphatic carbocycles. The number of anilines is 3. The molecule has 0 bridgehead atoms. The maximum Gasteiger partial charge on any atom is 0.417 e. The van der Waals surface area contributed by atoms with Crippen molar-refractivity contribution in [3.63, 3.8) is 0 Å². The van der Waals surface area contributed by atoms with Crippen LogP contribution in [0.2, 0.25) is 0 Å². The Morgan fingerprint density at radius 3 is 2.36 bits per heavy atom. The second kappa shape index (κ2) is 10.9. The van der Waals surface area contributed by atoms with Crippen LogP contribution < -0.4 is 20.6 Å². The molecule has 1 fully saturated rings. The molecule has 0 spiro atoms. The van der Waals surface area contributed by atoms with Crippen LogP contribution in [0.3, 0.4) is 0 Å². The minimum absolute atomic E-state index is 0. The number of nitrogens with zero attached hydrogens (tertiary/aromatic N) is 5. The minimum atomic E-state index is -4.87. The fourth-order valence-electron chi connectivity index (χ4n) is 4.46. The van der Waals surface area contributed by atoms with E-state index in [4.69, 9.17) is 4.84 Å². The van der Waals surface area contributed by atoms with Gasteiger partial charge in [-0.2, -0.15) is 18.2 Å². The van der Waals surface area contributed by atoms with Crippen molar-refractivity contribution in [2.75, 3.05) is 50.6 Å². The molecule has 8 nitrogen and oxygen atoms in total. The Hall–Kier alpha value is -4.19. The minimum Gasteiger partial charge on any atom is -0.412 e. The molecule has 1 saturated heterocycles. The van der Waals surface area contributed by atoms with Gasteiger partial charge >= 0.3 is 6.18 Å². The van der Waals surface area contributed by atoms with Crippen LogP contribution >= 0.6 is 0 Å². The Bertz CT molecular complexity index is 1530. The van der Waals surface area contributed by atoms with Gasteiger partial charge in [-0.1, -0.05) is 13.5 Å². The van der Waals surface area contributed by atoms with Gasteiger partial charge in [0.05, 0.1) is 11.1 Å². The molecule has 4 aromatic rings. The highest BCUT2D eigenvalue weighted by atomic mass is 19.4. The Labute approximate surface area is 222 Å². The van der Waals surface area contributed by atoms with E-state index in [2.05, 4.69) is 32.1 Å². The Kier molecular flexibility index (Phi) is 7.77. The van der Waals surface area contributed by atoms with Gasteiger partial charge in [-0.25, -0.2) is 9.37 Å². The van der Waals surface area contributed by atoms with Crippen molar-refractivity contribution in [1.82, 2.24) is 19.6 Å². The van der Waals surface area contributed by atoms with E-state index in [1.165, 1.54) is 13.3 Å². The van der Waals surface area contributed by atoms with Crippen molar-refractivity contribution >= 4 is 28.4 Å². The standard InChI is InChI=1S/C26H24F4N6O2.CH4/c1-34-10-12-35(13-11-34)18-8-6-17(7-9-18)32-25-31-15-16-14-19(24(37)36(38-2)23(16)33-25)22-20(26(28,29)30)4-3-5-21(22)27;/h3-9,14-15H,10-13H2,1-2H3,(H,31,32,33);1H4. The van der Waals surface area contributed by atoms with Gasteiger partial charge in [-0.3, -0.25) is 4.79 Å². The highest BCUT2D eigenvalue weighted by Gasteiger charge is 2.36. The van der Waals surface area contributed by atoms with E-state index in [0.717, 1.165) is 60.9 Å². The number of hydrogen-bond donors (Lipinski definition) is 1.